The van der Waals surface area contributed by atoms with E-state index in [1.165, 1.54) is 131 Å². The summed E-state index contributed by atoms with van der Waals surface area (Å²) in [5.41, 5.74) is 6.54. The molecule has 1 atom stereocenters. The summed E-state index contributed by atoms with van der Waals surface area (Å²) < 4.78 is -1.03. The molecule has 35 heavy (non-hydrogen) atoms. The van der Waals surface area contributed by atoms with E-state index in [0.29, 0.717) is 0 Å². The second kappa shape index (κ2) is 17.1. The van der Waals surface area contributed by atoms with Crippen LogP contribution in [0.4, 0.5) is 0 Å². The van der Waals surface area contributed by atoms with Gasteiger partial charge in [0.1, 0.15) is 0 Å². The topological polar surface area (TPSA) is 0 Å². The van der Waals surface area contributed by atoms with Gasteiger partial charge in [-0.2, -0.15) is 0 Å². The Balaban J connectivity index is 1.55. The third kappa shape index (κ3) is 11.2. The summed E-state index contributed by atoms with van der Waals surface area (Å²) in [4.78, 5) is 0. The van der Waals surface area contributed by atoms with E-state index in [4.69, 9.17) is 34.8 Å². The van der Waals surface area contributed by atoms with Crippen molar-refractivity contribution >= 4 is 40.4 Å². The van der Waals surface area contributed by atoms with Crippen LogP contribution in [0, 0.1) is 13.8 Å². The first-order chi connectivity index (χ1) is 16.9. The maximum Gasteiger partial charge on any atom is 0.156 e. The average molecular weight is 540 g/mol. The molecule has 0 bridgehead atoms. The van der Waals surface area contributed by atoms with Crippen LogP contribution < -0.4 is 0 Å². The van der Waals surface area contributed by atoms with Crippen LogP contribution in [0.15, 0.2) is 30.4 Å². The Labute approximate surface area is 231 Å². The first kappa shape index (κ1) is 30.8. The van der Waals surface area contributed by atoms with Gasteiger partial charge in [0, 0.05) is 0 Å². The number of unbranched alkanes of at least 4 members (excludes halogenated alkanes) is 15. The van der Waals surface area contributed by atoms with Gasteiger partial charge in [0.2, 0.25) is 0 Å². The highest BCUT2D eigenvalue weighted by Crippen LogP contribution is 2.39. The van der Waals surface area contributed by atoms with E-state index in [9.17, 15) is 0 Å². The van der Waals surface area contributed by atoms with Crippen LogP contribution >= 0.6 is 34.8 Å². The Morgan fingerprint density at radius 1 is 0.686 bits per heavy atom. The lowest BCUT2D eigenvalue weighted by Crippen LogP contribution is -2.24. The largest absolute Gasteiger partial charge is 0.156 e. The molecule has 2 rings (SSSR count). The average Bonchev–Trinajstić information content (AvgIpc) is 2.83. The zero-order valence-corrected chi connectivity index (χ0v) is 24.9. The Morgan fingerprint density at radius 3 is 1.66 bits per heavy atom. The van der Waals surface area contributed by atoms with Crippen LogP contribution in [0.3, 0.4) is 0 Å². The smallest absolute Gasteiger partial charge is 0.115 e. The van der Waals surface area contributed by atoms with E-state index in [0.717, 1.165) is 5.57 Å². The summed E-state index contributed by atoms with van der Waals surface area (Å²) in [6.07, 6.45) is 29.5. The zero-order valence-electron chi connectivity index (χ0n) is 22.6. The molecule has 3 heteroatoms. The molecular formula is C32H49Cl3. The van der Waals surface area contributed by atoms with Crippen molar-refractivity contribution in [2.24, 2.45) is 0 Å². The Hall–Kier alpha value is -0.430. The van der Waals surface area contributed by atoms with Crippen molar-refractivity contribution in [2.75, 3.05) is 0 Å². The first-order valence-electron chi connectivity index (χ1n) is 14.4. The third-order valence-corrected chi connectivity index (χ3v) is 9.10. The molecule has 0 nitrogen and oxygen atoms in total. The summed E-state index contributed by atoms with van der Waals surface area (Å²) in [6, 6.07) is 4.53. The minimum absolute atomic E-state index is 0.421. The molecule has 0 spiro atoms. The molecule has 0 heterocycles. The van der Waals surface area contributed by atoms with Gasteiger partial charge in [-0.3, -0.25) is 0 Å². The quantitative estimate of drug-likeness (QED) is 0.128. The van der Waals surface area contributed by atoms with E-state index in [2.05, 4.69) is 32.9 Å². The van der Waals surface area contributed by atoms with Gasteiger partial charge in [-0.1, -0.05) is 151 Å². The maximum atomic E-state index is 6.37. The Bertz CT molecular complexity index is 790. The number of alkyl halides is 3. The minimum Gasteiger partial charge on any atom is -0.115 e. The van der Waals surface area contributed by atoms with E-state index < -0.39 is 9.71 Å². The van der Waals surface area contributed by atoms with Gasteiger partial charge in [-0.15, -0.1) is 11.6 Å². The third-order valence-electron chi connectivity index (χ3n) is 7.69. The monoisotopic (exact) mass is 538 g/mol. The standard InChI is InChI=1S/C32H49Cl3/c1-4-5-6-7-8-9-10-11-12-13-14-15-16-17-18-19-20-28-21-22-30(27(3)26(28)2)29-23-24-32(34,35)31(33)25-29/h21-25,31H,4-20H2,1-3H3. The maximum absolute atomic E-state index is 6.37. The fraction of sp³-hybridized carbons (Fsp3) is 0.688. The number of hydrogen-bond acceptors (Lipinski definition) is 0. The van der Waals surface area contributed by atoms with Gasteiger partial charge < -0.3 is 0 Å². The van der Waals surface area contributed by atoms with Crippen molar-refractivity contribution in [2.45, 2.75) is 140 Å². The van der Waals surface area contributed by atoms with Crippen LogP contribution in [0.25, 0.3) is 5.57 Å². The second-order valence-corrected chi connectivity index (χ2v) is 12.5. The van der Waals surface area contributed by atoms with Crippen molar-refractivity contribution in [3.8, 4) is 0 Å². The molecule has 198 valence electrons. The molecule has 1 aromatic carbocycles. The number of hydrogen-bond donors (Lipinski definition) is 0. The highest BCUT2D eigenvalue weighted by atomic mass is 35.5. The predicted octanol–water partition coefficient (Wildman–Crippen LogP) is 11.8. The van der Waals surface area contributed by atoms with Gasteiger partial charge in [0.05, 0.1) is 5.38 Å². The molecule has 1 aromatic rings. The van der Waals surface area contributed by atoms with Gasteiger partial charge >= 0.3 is 0 Å². The van der Waals surface area contributed by atoms with Gasteiger partial charge in [-0.05, 0) is 60.6 Å². The molecule has 0 aliphatic heterocycles. The summed E-state index contributed by atoms with van der Waals surface area (Å²) in [6.45, 7) is 6.75. The Morgan fingerprint density at radius 2 is 1.17 bits per heavy atom. The number of benzene rings is 1. The van der Waals surface area contributed by atoms with E-state index in [1.54, 1.807) is 6.08 Å². The van der Waals surface area contributed by atoms with E-state index >= 15 is 0 Å². The number of allylic oxidation sites excluding steroid dienone is 4. The van der Waals surface area contributed by atoms with E-state index in [1.807, 2.05) is 12.2 Å². The second-order valence-electron chi connectivity index (χ2n) is 10.6. The van der Waals surface area contributed by atoms with E-state index in [-0.39, 0.29) is 0 Å². The van der Waals surface area contributed by atoms with Crippen LogP contribution in [-0.2, 0) is 6.42 Å². The van der Waals surface area contributed by atoms with Crippen LogP contribution in [0.1, 0.15) is 132 Å². The molecule has 0 amide bonds. The highest BCUT2D eigenvalue weighted by molar-refractivity contribution is 6.54. The molecule has 0 saturated heterocycles. The van der Waals surface area contributed by atoms with Crippen LogP contribution in [0.2, 0.25) is 0 Å². The number of rotatable bonds is 18. The summed E-state index contributed by atoms with van der Waals surface area (Å²) in [5, 5.41) is -0.421. The highest BCUT2D eigenvalue weighted by Gasteiger charge is 2.32. The molecule has 0 N–H and O–H groups in total. The molecule has 0 aromatic heterocycles. The molecule has 0 saturated carbocycles. The number of halogens is 3. The molecular weight excluding hydrogens is 491 g/mol. The molecule has 1 aliphatic rings. The Kier molecular flexibility index (Phi) is 15.1. The predicted molar refractivity (Wildman–Crippen MR) is 160 cm³/mol. The lowest BCUT2D eigenvalue weighted by atomic mass is 9.89. The van der Waals surface area contributed by atoms with Crippen LogP contribution in [-0.4, -0.2) is 9.71 Å². The van der Waals surface area contributed by atoms with Crippen molar-refractivity contribution < 1.29 is 0 Å². The molecule has 1 aliphatic carbocycles. The lowest BCUT2D eigenvalue weighted by Gasteiger charge is -2.25. The number of aryl methyl sites for hydroxylation is 1. The van der Waals surface area contributed by atoms with Gasteiger partial charge in [0.15, 0.2) is 4.33 Å². The first-order valence-corrected chi connectivity index (χ1v) is 15.6. The van der Waals surface area contributed by atoms with Crippen molar-refractivity contribution in [3.63, 3.8) is 0 Å². The van der Waals surface area contributed by atoms with Crippen molar-refractivity contribution in [1.29, 1.82) is 0 Å². The summed E-state index contributed by atoms with van der Waals surface area (Å²) in [7, 11) is 0. The minimum atomic E-state index is -1.03. The van der Waals surface area contributed by atoms with Crippen molar-refractivity contribution in [3.05, 3.63) is 52.6 Å². The van der Waals surface area contributed by atoms with Gasteiger partial charge in [-0.25, -0.2) is 0 Å². The summed E-state index contributed by atoms with van der Waals surface area (Å²) >= 11 is 18.8. The fourth-order valence-electron chi connectivity index (χ4n) is 5.12. The summed E-state index contributed by atoms with van der Waals surface area (Å²) in [5.74, 6) is 0. The van der Waals surface area contributed by atoms with Gasteiger partial charge in [0.25, 0.3) is 0 Å². The molecule has 0 fully saturated rings. The zero-order chi connectivity index (χ0) is 25.5. The normalized spacial score (nSPS) is 17.1. The van der Waals surface area contributed by atoms with Crippen molar-refractivity contribution in [1.82, 2.24) is 0 Å². The SMILES string of the molecule is CCCCCCCCCCCCCCCCCCc1ccc(C2=CC(Cl)C(Cl)(Cl)C=C2)c(C)c1C. The molecule has 1 unspecified atom stereocenters. The van der Waals surface area contributed by atoms with Crippen LogP contribution in [0.5, 0.6) is 0 Å². The lowest BCUT2D eigenvalue weighted by molar-refractivity contribution is 0.529. The molecule has 0 radical (unpaired) electrons. The fourth-order valence-corrected chi connectivity index (χ4v) is 5.58.